The van der Waals surface area contributed by atoms with Crippen molar-refractivity contribution in [3.63, 3.8) is 0 Å². The molecule has 2 rings (SSSR count). The molecular weight excluding hydrogens is 380 g/mol. The van der Waals surface area contributed by atoms with Crippen molar-refractivity contribution in [2.45, 2.75) is 25.0 Å². The summed E-state index contributed by atoms with van der Waals surface area (Å²) < 4.78 is 37.9. The minimum absolute atomic E-state index is 0.115. The van der Waals surface area contributed by atoms with E-state index in [9.17, 15) is 8.42 Å². The van der Waals surface area contributed by atoms with E-state index in [-0.39, 0.29) is 16.8 Å². The van der Waals surface area contributed by atoms with Crippen LogP contribution in [0, 0.1) is 13.8 Å². The highest BCUT2D eigenvalue weighted by Crippen LogP contribution is 2.34. The molecule has 0 amide bonds. The van der Waals surface area contributed by atoms with E-state index in [0.717, 1.165) is 15.6 Å². The van der Waals surface area contributed by atoms with Crippen LogP contribution in [0.25, 0.3) is 0 Å². The van der Waals surface area contributed by atoms with Crippen LogP contribution in [0.3, 0.4) is 0 Å². The normalized spacial score (nSPS) is 11.8. The third kappa shape index (κ3) is 3.15. The van der Waals surface area contributed by atoms with Crippen molar-refractivity contribution in [1.29, 1.82) is 0 Å². The van der Waals surface area contributed by atoms with Gasteiger partial charge in [-0.1, -0.05) is 5.16 Å². The first-order valence-electron chi connectivity index (χ1n) is 6.16. The van der Waals surface area contributed by atoms with Gasteiger partial charge >= 0.3 is 0 Å². The van der Waals surface area contributed by atoms with E-state index in [2.05, 4.69) is 21.1 Å². The maximum Gasteiger partial charge on any atom is 0.278 e. The zero-order chi connectivity index (χ0) is 15.6. The summed E-state index contributed by atoms with van der Waals surface area (Å²) in [6, 6.07) is 1.69. The Kier molecular flexibility index (Phi) is 5.07. The first-order valence-corrected chi connectivity index (χ1v) is 9.27. The second kappa shape index (κ2) is 6.47. The Morgan fingerprint density at radius 2 is 2.19 bits per heavy atom. The lowest BCUT2D eigenvalue weighted by molar-refractivity contribution is 0.156. The van der Waals surface area contributed by atoms with Crippen LogP contribution in [-0.4, -0.2) is 26.9 Å². The molecule has 0 aliphatic rings. The SMILES string of the molecule is CCOCN(c1noc(C)c1C)S(=O)(=O)c1sccc1Br. The van der Waals surface area contributed by atoms with Crippen LogP contribution in [0.5, 0.6) is 0 Å². The topological polar surface area (TPSA) is 72.6 Å². The third-order valence-corrected chi connectivity index (χ3v) is 7.25. The van der Waals surface area contributed by atoms with Crippen molar-refractivity contribution in [2.75, 3.05) is 17.6 Å². The number of aryl methyl sites for hydroxylation is 1. The summed E-state index contributed by atoms with van der Waals surface area (Å²) in [4.78, 5) is 0. The number of nitrogens with zero attached hydrogens (tertiary/aromatic N) is 2. The van der Waals surface area contributed by atoms with E-state index in [1.165, 1.54) is 0 Å². The number of hydrogen-bond acceptors (Lipinski definition) is 6. The van der Waals surface area contributed by atoms with Crippen molar-refractivity contribution in [3.8, 4) is 0 Å². The molecule has 21 heavy (non-hydrogen) atoms. The number of sulfonamides is 1. The van der Waals surface area contributed by atoms with Gasteiger partial charge in [-0.25, -0.2) is 12.7 Å². The molecule has 9 heteroatoms. The highest BCUT2D eigenvalue weighted by atomic mass is 79.9. The fourth-order valence-electron chi connectivity index (χ4n) is 1.62. The summed E-state index contributed by atoms with van der Waals surface area (Å²) >= 11 is 4.39. The monoisotopic (exact) mass is 394 g/mol. The molecule has 0 atom stereocenters. The summed E-state index contributed by atoms with van der Waals surface area (Å²) in [6.45, 7) is 5.58. The van der Waals surface area contributed by atoms with Gasteiger partial charge < -0.3 is 9.26 Å². The maximum atomic E-state index is 12.8. The van der Waals surface area contributed by atoms with E-state index in [1.54, 1.807) is 32.2 Å². The Hall–Kier alpha value is -0.900. The molecule has 0 saturated heterocycles. The van der Waals surface area contributed by atoms with Gasteiger partial charge in [0.15, 0.2) is 10.0 Å². The van der Waals surface area contributed by atoms with Gasteiger partial charge in [-0.2, -0.15) is 0 Å². The lowest BCUT2D eigenvalue weighted by Crippen LogP contribution is -2.33. The lowest BCUT2D eigenvalue weighted by atomic mass is 10.3. The lowest BCUT2D eigenvalue weighted by Gasteiger charge is -2.21. The van der Waals surface area contributed by atoms with Crippen LogP contribution in [0.1, 0.15) is 18.2 Å². The van der Waals surface area contributed by atoms with E-state index in [0.29, 0.717) is 22.4 Å². The van der Waals surface area contributed by atoms with Crippen molar-refractivity contribution in [1.82, 2.24) is 5.16 Å². The first-order chi connectivity index (χ1) is 9.89. The molecule has 2 heterocycles. The van der Waals surface area contributed by atoms with E-state index < -0.39 is 10.0 Å². The smallest absolute Gasteiger partial charge is 0.278 e. The summed E-state index contributed by atoms with van der Waals surface area (Å²) in [5, 5.41) is 5.56. The molecule has 0 saturated carbocycles. The number of aromatic nitrogens is 1. The van der Waals surface area contributed by atoms with E-state index >= 15 is 0 Å². The summed E-state index contributed by atoms with van der Waals surface area (Å²) in [5.74, 6) is 0.827. The van der Waals surface area contributed by atoms with Gasteiger partial charge in [-0.15, -0.1) is 11.3 Å². The van der Waals surface area contributed by atoms with Gasteiger partial charge in [0.25, 0.3) is 10.0 Å². The Balaban J connectivity index is 2.50. The third-order valence-electron chi connectivity index (χ3n) is 2.89. The molecule has 0 aromatic carbocycles. The fraction of sp³-hybridized carbons (Fsp3) is 0.417. The zero-order valence-electron chi connectivity index (χ0n) is 11.8. The minimum atomic E-state index is -3.77. The van der Waals surface area contributed by atoms with Crippen LogP contribution >= 0.6 is 27.3 Å². The molecule has 6 nitrogen and oxygen atoms in total. The van der Waals surface area contributed by atoms with E-state index in [4.69, 9.17) is 9.26 Å². The van der Waals surface area contributed by atoms with Crippen LogP contribution in [0.4, 0.5) is 5.82 Å². The summed E-state index contributed by atoms with van der Waals surface area (Å²) in [5.41, 5.74) is 0.672. The van der Waals surface area contributed by atoms with Crippen molar-refractivity contribution in [2.24, 2.45) is 0 Å². The Labute approximate surface area is 135 Å². The minimum Gasteiger partial charge on any atom is -0.360 e. The van der Waals surface area contributed by atoms with Crippen molar-refractivity contribution >= 4 is 43.1 Å². The first kappa shape index (κ1) is 16.5. The predicted molar refractivity (Wildman–Crippen MR) is 84.2 cm³/mol. The second-order valence-corrected chi connectivity index (χ2v) is 8.05. The van der Waals surface area contributed by atoms with Gasteiger partial charge in [0.1, 0.15) is 12.5 Å². The zero-order valence-corrected chi connectivity index (χ0v) is 15.0. The largest absolute Gasteiger partial charge is 0.360 e. The quantitative estimate of drug-likeness (QED) is 0.702. The Bertz CT molecular complexity index is 723. The number of rotatable bonds is 6. The molecule has 0 fully saturated rings. The van der Waals surface area contributed by atoms with Gasteiger partial charge in [0, 0.05) is 16.6 Å². The number of halogens is 1. The molecule has 2 aromatic rings. The molecule has 0 N–H and O–H groups in total. The Morgan fingerprint density at radius 1 is 1.48 bits per heavy atom. The van der Waals surface area contributed by atoms with Gasteiger partial charge in [-0.3, -0.25) is 0 Å². The Morgan fingerprint density at radius 3 is 2.67 bits per heavy atom. The summed E-state index contributed by atoms with van der Waals surface area (Å²) in [7, 11) is -3.77. The van der Waals surface area contributed by atoms with Gasteiger partial charge in [0.05, 0.1) is 0 Å². The average molecular weight is 395 g/mol. The standard InChI is InChI=1S/C12H15BrN2O4S2/c1-4-18-7-15(11-8(2)9(3)19-14-11)21(16,17)12-10(13)5-6-20-12/h5-6H,4,7H2,1-3H3. The number of anilines is 1. The molecule has 0 spiro atoms. The van der Waals surface area contributed by atoms with Gasteiger partial charge in [-0.05, 0) is 48.1 Å². The molecular formula is C12H15BrN2O4S2. The van der Waals surface area contributed by atoms with Gasteiger partial charge in [0.2, 0.25) is 0 Å². The number of hydrogen-bond donors (Lipinski definition) is 0. The average Bonchev–Trinajstić information content (AvgIpc) is 3.00. The summed E-state index contributed by atoms with van der Waals surface area (Å²) in [6.07, 6.45) is 0. The molecule has 0 bridgehead atoms. The molecule has 0 radical (unpaired) electrons. The van der Waals surface area contributed by atoms with Crippen LogP contribution < -0.4 is 4.31 Å². The highest BCUT2D eigenvalue weighted by molar-refractivity contribution is 9.10. The number of thiophene rings is 1. The fourth-order valence-corrected chi connectivity index (χ4v) is 5.38. The second-order valence-electron chi connectivity index (χ2n) is 4.22. The molecule has 0 unspecified atom stereocenters. The maximum absolute atomic E-state index is 12.8. The van der Waals surface area contributed by atoms with Crippen LogP contribution in [0.2, 0.25) is 0 Å². The van der Waals surface area contributed by atoms with Crippen LogP contribution in [-0.2, 0) is 14.8 Å². The highest BCUT2D eigenvalue weighted by Gasteiger charge is 2.32. The molecule has 2 aromatic heterocycles. The molecule has 116 valence electrons. The van der Waals surface area contributed by atoms with Crippen molar-refractivity contribution in [3.05, 3.63) is 27.2 Å². The van der Waals surface area contributed by atoms with Crippen molar-refractivity contribution < 1.29 is 17.7 Å². The van der Waals surface area contributed by atoms with E-state index in [1.807, 2.05) is 0 Å². The van der Waals surface area contributed by atoms with Crippen LogP contribution in [0.15, 0.2) is 24.7 Å². The molecule has 0 aliphatic carbocycles. The number of ether oxygens (including phenoxy) is 1. The predicted octanol–water partition coefficient (Wildman–Crippen LogP) is 3.30. The molecule has 0 aliphatic heterocycles.